The summed E-state index contributed by atoms with van der Waals surface area (Å²) in [5.74, 6) is -0.229. The highest BCUT2D eigenvalue weighted by Gasteiger charge is 2.31. The summed E-state index contributed by atoms with van der Waals surface area (Å²) in [7, 11) is 0. The normalized spacial score (nSPS) is 23.3. The molecule has 0 radical (unpaired) electrons. The zero-order valence-electron chi connectivity index (χ0n) is 10.6. The molecule has 2 rings (SSSR count). The Bertz CT molecular complexity index is 505. The van der Waals surface area contributed by atoms with Crippen molar-refractivity contribution < 1.29 is 15.0 Å². The van der Waals surface area contributed by atoms with Gasteiger partial charge in [0.05, 0.1) is 12.2 Å². The van der Waals surface area contributed by atoms with E-state index in [0.29, 0.717) is 5.02 Å². The van der Waals surface area contributed by atoms with Crippen LogP contribution < -0.4 is 0 Å². The van der Waals surface area contributed by atoms with Gasteiger partial charge >= 0.3 is 0 Å². The largest absolute Gasteiger partial charge is 0.388 e. The number of halogens is 1. The quantitative estimate of drug-likeness (QED) is 0.802. The number of aryl methyl sites for hydroxylation is 1. The highest BCUT2D eigenvalue weighted by atomic mass is 35.5. The molecule has 102 valence electrons. The van der Waals surface area contributed by atoms with Gasteiger partial charge in [-0.15, -0.1) is 0 Å². The molecule has 2 N–H and O–H groups in total. The molecule has 0 aromatic heterocycles. The van der Waals surface area contributed by atoms with Gasteiger partial charge < -0.3 is 15.1 Å². The summed E-state index contributed by atoms with van der Waals surface area (Å²) in [6.07, 6.45) is 1.38. The molecule has 0 aliphatic carbocycles. The van der Waals surface area contributed by atoms with Crippen molar-refractivity contribution in [1.29, 1.82) is 0 Å². The van der Waals surface area contributed by atoms with Gasteiger partial charge in [-0.05, 0) is 30.2 Å². The van der Waals surface area contributed by atoms with Crippen molar-refractivity contribution in [3.05, 3.63) is 40.4 Å². The SMILES string of the molecule is Cc1ccc(C=CC(=O)N2C[C@@H](O)[C@@H](O)C2)cc1Cl. The Morgan fingerprint density at radius 3 is 2.58 bits per heavy atom. The van der Waals surface area contributed by atoms with Gasteiger partial charge in [0, 0.05) is 24.2 Å². The van der Waals surface area contributed by atoms with Gasteiger partial charge in [0.1, 0.15) is 0 Å². The number of nitrogens with zero attached hydrogens (tertiary/aromatic N) is 1. The van der Waals surface area contributed by atoms with Crippen LogP contribution in [0.3, 0.4) is 0 Å². The molecule has 0 bridgehead atoms. The van der Waals surface area contributed by atoms with Crippen molar-refractivity contribution in [2.24, 2.45) is 0 Å². The Morgan fingerprint density at radius 2 is 2.00 bits per heavy atom. The van der Waals surface area contributed by atoms with Crippen molar-refractivity contribution in [2.75, 3.05) is 13.1 Å². The number of aliphatic hydroxyl groups is 2. The molecule has 0 spiro atoms. The number of hydrogen-bond donors (Lipinski definition) is 2. The van der Waals surface area contributed by atoms with Gasteiger partial charge in [0.25, 0.3) is 0 Å². The third kappa shape index (κ3) is 3.35. The summed E-state index contributed by atoms with van der Waals surface area (Å²) >= 11 is 6.00. The third-order valence-corrected chi connectivity index (χ3v) is 3.59. The molecule has 1 aromatic carbocycles. The molecular formula is C14H16ClNO3. The average Bonchev–Trinajstić information content (AvgIpc) is 2.71. The van der Waals surface area contributed by atoms with Crippen LogP contribution in [-0.2, 0) is 4.79 Å². The van der Waals surface area contributed by atoms with Crippen LogP contribution in [0.4, 0.5) is 0 Å². The fraction of sp³-hybridized carbons (Fsp3) is 0.357. The number of amides is 1. The van der Waals surface area contributed by atoms with Crippen LogP contribution in [0.1, 0.15) is 11.1 Å². The van der Waals surface area contributed by atoms with Crippen molar-refractivity contribution in [3.63, 3.8) is 0 Å². The predicted octanol–water partition coefficient (Wildman–Crippen LogP) is 1.23. The van der Waals surface area contributed by atoms with Crippen molar-refractivity contribution in [2.45, 2.75) is 19.1 Å². The molecule has 0 unspecified atom stereocenters. The monoisotopic (exact) mass is 281 g/mol. The average molecular weight is 282 g/mol. The van der Waals surface area contributed by atoms with E-state index in [1.54, 1.807) is 12.1 Å². The molecule has 1 aliphatic heterocycles. The number of β-amino-alcohol motifs (C(OH)–C–C–N with tert-alkyl or cyclic N) is 2. The van der Waals surface area contributed by atoms with Crippen LogP contribution in [0.15, 0.2) is 24.3 Å². The maximum absolute atomic E-state index is 11.8. The molecule has 1 amide bonds. The number of rotatable bonds is 2. The molecule has 1 aromatic rings. The van der Waals surface area contributed by atoms with Gasteiger partial charge in [0.2, 0.25) is 5.91 Å². The Hall–Kier alpha value is -1.36. The molecule has 1 fully saturated rings. The summed E-state index contributed by atoms with van der Waals surface area (Å²) in [5.41, 5.74) is 1.82. The van der Waals surface area contributed by atoms with Crippen LogP contribution in [0.5, 0.6) is 0 Å². The lowest BCUT2D eigenvalue weighted by Crippen LogP contribution is -2.27. The minimum atomic E-state index is -0.855. The smallest absolute Gasteiger partial charge is 0.246 e. The molecule has 1 aliphatic rings. The summed E-state index contributed by atoms with van der Waals surface area (Å²) in [4.78, 5) is 13.3. The lowest BCUT2D eigenvalue weighted by Gasteiger charge is -2.12. The molecule has 2 atom stereocenters. The van der Waals surface area contributed by atoms with Crippen LogP contribution in [-0.4, -0.2) is 46.3 Å². The van der Waals surface area contributed by atoms with Gasteiger partial charge in [-0.1, -0.05) is 23.7 Å². The first-order chi connectivity index (χ1) is 8.97. The minimum absolute atomic E-state index is 0.166. The molecule has 19 heavy (non-hydrogen) atoms. The van der Waals surface area contributed by atoms with E-state index < -0.39 is 12.2 Å². The van der Waals surface area contributed by atoms with Crippen molar-refractivity contribution in [3.8, 4) is 0 Å². The Kier molecular flexibility index (Phi) is 4.24. The van der Waals surface area contributed by atoms with Crippen molar-refractivity contribution >= 4 is 23.6 Å². The van der Waals surface area contributed by atoms with Crippen LogP contribution >= 0.6 is 11.6 Å². The molecule has 4 nitrogen and oxygen atoms in total. The highest BCUT2D eigenvalue weighted by Crippen LogP contribution is 2.18. The van der Waals surface area contributed by atoms with E-state index in [4.69, 9.17) is 11.6 Å². The Balaban J connectivity index is 2.02. The van der Waals surface area contributed by atoms with Gasteiger partial charge in [-0.3, -0.25) is 4.79 Å². The maximum atomic E-state index is 11.8. The van der Waals surface area contributed by atoms with Gasteiger partial charge in [-0.25, -0.2) is 0 Å². The Labute approximate surface area is 116 Å². The van der Waals surface area contributed by atoms with E-state index in [-0.39, 0.29) is 19.0 Å². The Morgan fingerprint density at radius 1 is 1.37 bits per heavy atom. The highest BCUT2D eigenvalue weighted by molar-refractivity contribution is 6.31. The van der Waals surface area contributed by atoms with E-state index in [2.05, 4.69) is 0 Å². The number of benzene rings is 1. The van der Waals surface area contributed by atoms with E-state index in [9.17, 15) is 15.0 Å². The molecular weight excluding hydrogens is 266 g/mol. The van der Waals surface area contributed by atoms with Crippen LogP contribution in [0, 0.1) is 6.92 Å². The van der Waals surface area contributed by atoms with Crippen LogP contribution in [0.2, 0.25) is 5.02 Å². The first-order valence-electron chi connectivity index (χ1n) is 6.06. The van der Waals surface area contributed by atoms with E-state index in [1.165, 1.54) is 11.0 Å². The predicted molar refractivity (Wildman–Crippen MR) is 73.8 cm³/mol. The standard InChI is InChI=1S/C14H16ClNO3/c1-9-2-3-10(6-11(9)15)4-5-14(19)16-7-12(17)13(18)8-16/h2-6,12-13,17-18H,7-8H2,1H3/t12-,13+. The number of hydrogen-bond acceptors (Lipinski definition) is 3. The van der Waals surface area contributed by atoms with E-state index >= 15 is 0 Å². The number of likely N-dealkylation sites (tertiary alicyclic amines) is 1. The second kappa shape index (κ2) is 5.74. The zero-order chi connectivity index (χ0) is 14.0. The van der Waals surface area contributed by atoms with E-state index in [0.717, 1.165) is 11.1 Å². The summed E-state index contributed by atoms with van der Waals surface area (Å²) in [6, 6.07) is 5.54. The van der Waals surface area contributed by atoms with E-state index in [1.807, 2.05) is 19.1 Å². The topological polar surface area (TPSA) is 60.8 Å². The second-order valence-corrected chi connectivity index (χ2v) is 5.13. The van der Waals surface area contributed by atoms with Crippen molar-refractivity contribution in [1.82, 2.24) is 4.90 Å². The number of carbonyl (C=O) groups excluding carboxylic acids is 1. The lowest BCUT2D eigenvalue weighted by molar-refractivity contribution is -0.125. The maximum Gasteiger partial charge on any atom is 0.246 e. The zero-order valence-corrected chi connectivity index (χ0v) is 11.3. The van der Waals surface area contributed by atoms with Gasteiger partial charge in [0.15, 0.2) is 0 Å². The lowest BCUT2D eigenvalue weighted by atomic mass is 10.1. The summed E-state index contributed by atoms with van der Waals surface area (Å²) in [5, 5.41) is 19.4. The molecule has 1 saturated heterocycles. The number of carbonyl (C=O) groups is 1. The molecule has 1 heterocycles. The summed E-state index contributed by atoms with van der Waals surface area (Å²) in [6.45, 7) is 2.24. The molecule has 0 saturated carbocycles. The summed E-state index contributed by atoms with van der Waals surface area (Å²) < 4.78 is 0. The molecule has 5 heteroatoms. The first-order valence-corrected chi connectivity index (χ1v) is 6.44. The fourth-order valence-corrected chi connectivity index (χ4v) is 2.12. The minimum Gasteiger partial charge on any atom is -0.388 e. The van der Waals surface area contributed by atoms with Gasteiger partial charge in [-0.2, -0.15) is 0 Å². The first kappa shape index (κ1) is 14.1. The third-order valence-electron chi connectivity index (χ3n) is 3.18. The van der Waals surface area contributed by atoms with Crippen LogP contribution in [0.25, 0.3) is 6.08 Å². The second-order valence-electron chi connectivity index (χ2n) is 4.72. The fourth-order valence-electron chi connectivity index (χ4n) is 1.94. The number of aliphatic hydroxyl groups excluding tert-OH is 2.